The van der Waals surface area contributed by atoms with Crippen molar-refractivity contribution in [2.24, 2.45) is 12.0 Å². The van der Waals surface area contributed by atoms with Gasteiger partial charge in [0.1, 0.15) is 12.4 Å². The fraction of sp³-hybridized carbons (Fsp3) is 0.353. The number of alkyl halides is 3. The summed E-state index contributed by atoms with van der Waals surface area (Å²) in [6.45, 7) is 0.998. The van der Waals surface area contributed by atoms with E-state index >= 15 is 0 Å². The third kappa shape index (κ3) is 6.77. The van der Waals surface area contributed by atoms with Crippen molar-refractivity contribution in [1.29, 1.82) is 0 Å². The normalized spacial score (nSPS) is 11.7. The van der Waals surface area contributed by atoms with Crippen LogP contribution in [-0.2, 0) is 19.8 Å². The van der Waals surface area contributed by atoms with Gasteiger partial charge in [0, 0.05) is 33.0 Å². The first-order valence-electron chi connectivity index (χ1n) is 7.74. The maximum atomic E-state index is 12.9. The van der Waals surface area contributed by atoms with Gasteiger partial charge in [-0.2, -0.15) is 13.2 Å². The van der Waals surface area contributed by atoms with E-state index in [0.717, 1.165) is 11.6 Å². The molecule has 26 heavy (non-hydrogen) atoms. The molecule has 2 aromatic rings. The lowest BCUT2D eigenvalue weighted by atomic mass is 10.2. The maximum Gasteiger partial charge on any atom is 0.419 e. The van der Waals surface area contributed by atoms with Crippen molar-refractivity contribution in [3.8, 4) is 5.75 Å². The highest BCUT2D eigenvalue weighted by Crippen LogP contribution is 2.35. The van der Waals surface area contributed by atoms with Crippen molar-refractivity contribution >= 4 is 29.9 Å². The average Bonchev–Trinajstić information content (AvgIpc) is 2.99. The lowest BCUT2D eigenvalue weighted by molar-refractivity contribution is -0.138. The number of hydrogen-bond acceptors (Lipinski definition) is 2. The van der Waals surface area contributed by atoms with Crippen LogP contribution in [0.5, 0.6) is 5.75 Å². The summed E-state index contributed by atoms with van der Waals surface area (Å²) in [5, 5.41) is 6.12. The number of aryl methyl sites for hydroxylation is 1. The molecule has 0 aliphatic carbocycles. The smallest absolute Gasteiger partial charge is 0.419 e. The van der Waals surface area contributed by atoms with Gasteiger partial charge in [0.2, 0.25) is 0 Å². The molecule has 144 valence electrons. The zero-order valence-electron chi connectivity index (χ0n) is 14.5. The number of nitrogens with zero attached hydrogens (tertiary/aromatic N) is 2. The molecule has 0 radical (unpaired) electrons. The van der Waals surface area contributed by atoms with Gasteiger partial charge in [-0.15, -0.1) is 24.0 Å². The van der Waals surface area contributed by atoms with Crippen LogP contribution in [0, 0.1) is 0 Å². The SMILES string of the molecule is CN=C(NCCOc1ccccc1C(F)(F)F)NCc1ccn(C)c1.I. The second-order valence-corrected chi connectivity index (χ2v) is 5.38. The molecule has 1 heterocycles. The van der Waals surface area contributed by atoms with Gasteiger partial charge in [-0.3, -0.25) is 4.99 Å². The Morgan fingerprint density at radius 2 is 1.92 bits per heavy atom. The van der Waals surface area contributed by atoms with Crippen LogP contribution in [-0.4, -0.2) is 30.7 Å². The van der Waals surface area contributed by atoms with Crippen LogP contribution < -0.4 is 15.4 Å². The summed E-state index contributed by atoms with van der Waals surface area (Å²) in [4.78, 5) is 4.06. The summed E-state index contributed by atoms with van der Waals surface area (Å²) < 4.78 is 45.8. The van der Waals surface area contributed by atoms with Crippen LogP contribution >= 0.6 is 24.0 Å². The molecule has 2 N–H and O–H groups in total. The van der Waals surface area contributed by atoms with Gasteiger partial charge in [-0.25, -0.2) is 0 Å². The van der Waals surface area contributed by atoms with E-state index in [0.29, 0.717) is 19.0 Å². The highest BCUT2D eigenvalue weighted by Gasteiger charge is 2.33. The number of benzene rings is 1. The zero-order chi connectivity index (χ0) is 18.3. The van der Waals surface area contributed by atoms with E-state index in [1.165, 1.54) is 18.2 Å². The molecular formula is C17H22F3IN4O. The van der Waals surface area contributed by atoms with Crippen molar-refractivity contribution in [3.05, 3.63) is 53.9 Å². The molecule has 1 aromatic carbocycles. The van der Waals surface area contributed by atoms with Crippen LogP contribution in [0.1, 0.15) is 11.1 Å². The minimum absolute atomic E-state index is 0. The Balaban J connectivity index is 0.00000338. The standard InChI is InChI=1S/C17H21F3N4O.HI/c1-21-16(23-11-13-7-9-24(2)12-13)22-8-10-25-15-6-4-3-5-14(15)17(18,19)20;/h3-7,9,12H,8,10-11H2,1-2H3,(H2,21,22,23);1H. The summed E-state index contributed by atoms with van der Waals surface area (Å²) >= 11 is 0. The number of rotatable bonds is 6. The van der Waals surface area contributed by atoms with Crippen molar-refractivity contribution in [1.82, 2.24) is 15.2 Å². The first-order valence-corrected chi connectivity index (χ1v) is 7.74. The van der Waals surface area contributed by atoms with Gasteiger partial charge in [0.15, 0.2) is 5.96 Å². The molecule has 1 aromatic heterocycles. The molecule has 0 bridgehead atoms. The van der Waals surface area contributed by atoms with Gasteiger partial charge < -0.3 is 19.9 Å². The topological polar surface area (TPSA) is 50.6 Å². The first-order chi connectivity index (χ1) is 11.9. The predicted molar refractivity (Wildman–Crippen MR) is 106 cm³/mol. The number of aromatic nitrogens is 1. The molecule has 0 fully saturated rings. The molecule has 5 nitrogen and oxygen atoms in total. The first kappa shape index (κ1) is 22.1. The molecule has 0 saturated heterocycles. The lowest BCUT2D eigenvalue weighted by Crippen LogP contribution is -2.38. The average molecular weight is 482 g/mol. The fourth-order valence-corrected chi connectivity index (χ4v) is 2.23. The number of ether oxygens (including phenoxy) is 1. The number of nitrogens with one attached hydrogen (secondary N) is 2. The van der Waals surface area contributed by atoms with E-state index in [4.69, 9.17) is 4.74 Å². The largest absolute Gasteiger partial charge is 0.491 e. The number of halogens is 4. The Morgan fingerprint density at radius 3 is 2.54 bits per heavy atom. The van der Waals surface area contributed by atoms with Crippen molar-refractivity contribution in [2.45, 2.75) is 12.7 Å². The van der Waals surface area contributed by atoms with Crippen molar-refractivity contribution in [2.75, 3.05) is 20.2 Å². The molecule has 0 atom stereocenters. The van der Waals surface area contributed by atoms with E-state index in [1.807, 2.05) is 30.1 Å². The summed E-state index contributed by atoms with van der Waals surface area (Å²) in [6, 6.07) is 7.15. The number of guanidine groups is 1. The Labute approximate surface area is 167 Å². The molecule has 0 amide bonds. The Morgan fingerprint density at radius 1 is 1.19 bits per heavy atom. The van der Waals surface area contributed by atoms with Gasteiger partial charge in [-0.05, 0) is 23.8 Å². The fourth-order valence-electron chi connectivity index (χ4n) is 2.23. The molecular weight excluding hydrogens is 460 g/mol. The Hall–Kier alpha value is -1.91. The van der Waals surface area contributed by atoms with Crippen molar-refractivity contribution < 1.29 is 17.9 Å². The molecule has 0 aliphatic heterocycles. The third-order valence-corrected chi connectivity index (χ3v) is 3.42. The highest BCUT2D eigenvalue weighted by molar-refractivity contribution is 14.0. The van der Waals surface area contributed by atoms with Crippen LogP contribution in [0.4, 0.5) is 13.2 Å². The number of para-hydroxylation sites is 1. The van der Waals surface area contributed by atoms with Crippen LogP contribution in [0.2, 0.25) is 0 Å². The molecule has 0 unspecified atom stereocenters. The third-order valence-electron chi connectivity index (χ3n) is 3.42. The second kappa shape index (κ2) is 10.3. The van der Waals surface area contributed by atoms with Gasteiger partial charge in [0.25, 0.3) is 0 Å². The molecule has 0 saturated carbocycles. The quantitative estimate of drug-likeness (QED) is 0.287. The predicted octanol–water partition coefficient (Wildman–Crippen LogP) is 3.41. The van der Waals surface area contributed by atoms with Gasteiger partial charge >= 0.3 is 6.18 Å². The van der Waals surface area contributed by atoms with Gasteiger partial charge in [0.05, 0.1) is 12.1 Å². The lowest BCUT2D eigenvalue weighted by Gasteiger charge is -2.15. The zero-order valence-corrected chi connectivity index (χ0v) is 16.8. The molecule has 9 heteroatoms. The summed E-state index contributed by atoms with van der Waals surface area (Å²) in [5.74, 6) is 0.376. The van der Waals surface area contributed by atoms with E-state index in [1.54, 1.807) is 7.05 Å². The van der Waals surface area contributed by atoms with E-state index in [2.05, 4.69) is 15.6 Å². The number of aliphatic imine (C=N–C) groups is 1. The molecule has 0 spiro atoms. The van der Waals surface area contributed by atoms with Crippen LogP contribution in [0.15, 0.2) is 47.7 Å². The summed E-state index contributed by atoms with van der Waals surface area (Å²) in [6.07, 6.45) is -0.506. The number of hydrogen-bond donors (Lipinski definition) is 2. The molecule has 2 rings (SSSR count). The van der Waals surface area contributed by atoms with Crippen LogP contribution in [0.3, 0.4) is 0 Å². The van der Waals surface area contributed by atoms with E-state index in [-0.39, 0.29) is 36.3 Å². The van der Waals surface area contributed by atoms with Crippen molar-refractivity contribution in [3.63, 3.8) is 0 Å². The summed E-state index contributed by atoms with van der Waals surface area (Å²) in [5.41, 5.74) is 0.322. The maximum absolute atomic E-state index is 12.9. The second-order valence-electron chi connectivity index (χ2n) is 5.38. The molecule has 0 aliphatic rings. The highest BCUT2D eigenvalue weighted by atomic mass is 127. The minimum Gasteiger partial charge on any atom is -0.491 e. The van der Waals surface area contributed by atoms with Gasteiger partial charge in [-0.1, -0.05) is 12.1 Å². The monoisotopic (exact) mass is 482 g/mol. The van der Waals surface area contributed by atoms with E-state index < -0.39 is 11.7 Å². The Bertz CT molecular complexity index is 716. The van der Waals surface area contributed by atoms with Crippen LogP contribution in [0.25, 0.3) is 0 Å². The van der Waals surface area contributed by atoms with E-state index in [9.17, 15) is 13.2 Å². The minimum atomic E-state index is -4.43. The Kier molecular flexibility index (Phi) is 8.76. The summed E-state index contributed by atoms with van der Waals surface area (Å²) in [7, 11) is 3.56.